The predicted molar refractivity (Wildman–Crippen MR) is 53.9 cm³/mol. The van der Waals surface area contributed by atoms with Crippen LogP contribution in [0.25, 0.3) is 0 Å². The van der Waals surface area contributed by atoms with Crippen molar-refractivity contribution in [2.75, 3.05) is 13.2 Å². The summed E-state index contributed by atoms with van der Waals surface area (Å²) in [5.74, 6) is -3.13. The molecular formula is C7H14Na2O9S. The number of rotatable bonds is 7. The summed E-state index contributed by atoms with van der Waals surface area (Å²) in [6.45, 7) is -1.43. The van der Waals surface area contributed by atoms with Crippen LogP contribution in [0.4, 0.5) is 0 Å². The van der Waals surface area contributed by atoms with Crippen molar-refractivity contribution >= 4 is 22.1 Å². The van der Waals surface area contributed by atoms with Crippen molar-refractivity contribution in [3.8, 4) is 0 Å². The number of esters is 1. The van der Waals surface area contributed by atoms with Crippen LogP contribution in [0.3, 0.4) is 0 Å². The zero-order chi connectivity index (χ0) is 13.6. The molecule has 0 saturated carbocycles. The number of aliphatic hydroxyl groups excluding tert-OH is 2. The van der Waals surface area contributed by atoms with Crippen LogP contribution in [0.5, 0.6) is 0 Å². The van der Waals surface area contributed by atoms with Gasteiger partial charge in [0.1, 0.15) is 12.7 Å². The summed E-state index contributed by atoms with van der Waals surface area (Å²) in [5, 5.41) is 23.3. The fourth-order valence-electron chi connectivity index (χ4n) is 0.793. The van der Waals surface area contributed by atoms with Crippen LogP contribution in [0.1, 0.15) is 9.27 Å². The molecule has 4 N–H and O–H groups in total. The Bertz CT molecular complexity index is 392. The average Bonchev–Trinajstić information content (AvgIpc) is 2.20. The van der Waals surface area contributed by atoms with Crippen LogP contribution in [-0.4, -0.2) is 64.8 Å². The molecule has 0 bridgehead atoms. The first-order valence-electron chi connectivity index (χ1n) is 4.32. The standard InChI is InChI=1S/C7H12O9S.2Na.2H/c8-2-4(9)3-16-7(12)5(1-6(10)11)17(13,14)15;;;;/h4-5,8-9H,1-3H2,(H,10,11)(H,13,14,15);;;;/q;2*+1;2*-1. The zero-order valence-corrected chi connectivity index (χ0v) is 15.3. The first-order chi connectivity index (χ1) is 7.68. The van der Waals surface area contributed by atoms with Crippen molar-refractivity contribution in [2.45, 2.75) is 17.8 Å². The first kappa shape index (κ1) is 24.8. The number of aliphatic hydroxyl groups is 2. The molecule has 9 nitrogen and oxygen atoms in total. The van der Waals surface area contributed by atoms with E-state index < -0.39 is 53.0 Å². The van der Waals surface area contributed by atoms with Gasteiger partial charge in [0.25, 0.3) is 10.1 Å². The molecule has 0 aromatic carbocycles. The molecule has 0 aromatic rings. The Morgan fingerprint density at radius 2 is 1.74 bits per heavy atom. The third-order valence-electron chi connectivity index (χ3n) is 1.61. The van der Waals surface area contributed by atoms with Crippen molar-refractivity contribution in [3.63, 3.8) is 0 Å². The summed E-state index contributed by atoms with van der Waals surface area (Å²) in [5.41, 5.74) is 0. The van der Waals surface area contributed by atoms with E-state index in [-0.39, 0.29) is 62.0 Å². The molecule has 0 fully saturated rings. The number of carbonyl (C=O) groups excluding carboxylic acids is 1. The molecule has 19 heavy (non-hydrogen) atoms. The van der Waals surface area contributed by atoms with E-state index in [4.69, 9.17) is 19.9 Å². The summed E-state index contributed by atoms with van der Waals surface area (Å²) in [7, 11) is -4.91. The Hall–Kier alpha value is 0.770. The van der Waals surface area contributed by atoms with E-state index in [1.807, 2.05) is 0 Å². The van der Waals surface area contributed by atoms with E-state index in [9.17, 15) is 18.0 Å². The summed E-state index contributed by atoms with van der Waals surface area (Å²) in [4.78, 5) is 21.4. The Kier molecular flexibility index (Phi) is 14.9. The SMILES string of the molecule is O=C(O)CC(C(=O)OCC(O)CO)S(=O)(=O)O.[H-].[H-].[Na+].[Na+]. The van der Waals surface area contributed by atoms with Crippen LogP contribution in [0, 0.1) is 0 Å². The summed E-state index contributed by atoms with van der Waals surface area (Å²) >= 11 is 0. The fourth-order valence-corrected chi connectivity index (χ4v) is 1.46. The molecule has 0 spiro atoms. The Morgan fingerprint density at radius 3 is 2.05 bits per heavy atom. The van der Waals surface area contributed by atoms with E-state index in [1.54, 1.807) is 0 Å². The molecule has 0 aromatic heterocycles. The maximum atomic E-state index is 11.1. The number of ether oxygens (including phenoxy) is 1. The minimum atomic E-state index is -4.91. The van der Waals surface area contributed by atoms with Gasteiger partial charge in [-0.25, -0.2) is 0 Å². The number of hydrogen-bond donors (Lipinski definition) is 4. The quantitative estimate of drug-likeness (QED) is 0.203. The molecule has 0 aliphatic heterocycles. The van der Waals surface area contributed by atoms with Crippen LogP contribution in [-0.2, 0) is 24.4 Å². The molecule has 0 aliphatic rings. The largest absolute Gasteiger partial charge is 1.00 e. The van der Waals surface area contributed by atoms with E-state index in [2.05, 4.69) is 4.74 Å². The molecule has 12 heteroatoms. The average molecular weight is 320 g/mol. The van der Waals surface area contributed by atoms with Gasteiger partial charge in [-0.05, 0) is 0 Å². The van der Waals surface area contributed by atoms with Gasteiger partial charge in [0.2, 0.25) is 0 Å². The van der Waals surface area contributed by atoms with Crippen molar-refractivity contribution < 1.29 is 105 Å². The predicted octanol–water partition coefficient (Wildman–Crippen LogP) is -8.15. The van der Waals surface area contributed by atoms with Crippen molar-refractivity contribution in [2.24, 2.45) is 0 Å². The Morgan fingerprint density at radius 1 is 1.26 bits per heavy atom. The second kappa shape index (κ2) is 11.4. The minimum Gasteiger partial charge on any atom is -1.00 e. The molecule has 104 valence electrons. The monoisotopic (exact) mass is 320 g/mol. The second-order valence-electron chi connectivity index (χ2n) is 3.07. The van der Waals surface area contributed by atoms with Gasteiger partial charge in [-0.3, -0.25) is 14.1 Å². The van der Waals surface area contributed by atoms with Crippen LogP contribution in [0.2, 0.25) is 0 Å². The van der Waals surface area contributed by atoms with Crippen LogP contribution >= 0.6 is 0 Å². The normalized spacial score (nSPS) is 13.4. The third-order valence-corrected chi connectivity index (χ3v) is 2.69. The van der Waals surface area contributed by atoms with E-state index in [0.29, 0.717) is 0 Å². The van der Waals surface area contributed by atoms with Crippen molar-refractivity contribution in [1.82, 2.24) is 0 Å². The summed E-state index contributed by atoms with van der Waals surface area (Å²) in [6.07, 6.45) is -2.57. The number of hydrogen-bond acceptors (Lipinski definition) is 7. The molecule has 0 rings (SSSR count). The molecular weight excluding hydrogens is 306 g/mol. The Labute approximate surface area is 156 Å². The summed E-state index contributed by atoms with van der Waals surface area (Å²) in [6, 6.07) is 0. The van der Waals surface area contributed by atoms with Gasteiger partial charge >= 0.3 is 71.1 Å². The van der Waals surface area contributed by atoms with Crippen LogP contribution < -0.4 is 59.1 Å². The number of aliphatic carboxylic acids is 1. The maximum absolute atomic E-state index is 11.1. The molecule has 2 unspecified atom stereocenters. The molecule has 0 amide bonds. The van der Waals surface area contributed by atoms with Gasteiger partial charge in [0.05, 0.1) is 13.0 Å². The number of carbonyl (C=O) groups is 2. The number of carboxylic acids is 1. The topological polar surface area (TPSA) is 158 Å². The molecule has 0 aliphatic carbocycles. The van der Waals surface area contributed by atoms with E-state index in [0.717, 1.165) is 0 Å². The Balaban J connectivity index is -0.000000213. The van der Waals surface area contributed by atoms with Gasteiger partial charge in [-0.2, -0.15) is 8.42 Å². The number of carboxylic acid groups (broad SMARTS) is 1. The smallest absolute Gasteiger partial charge is 1.00 e. The van der Waals surface area contributed by atoms with Crippen molar-refractivity contribution in [1.29, 1.82) is 0 Å². The van der Waals surface area contributed by atoms with Gasteiger partial charge in [-0.1, -0.05) is 0 Å². The van der Waals surface area contributed by atoms with E-state index in [1.165, 1.54) is 0 Å². The minimum absolute atomic E-state index is 0. The molecule has 2 atom stereocenters. The zero-order valence-electron chi connectivity index (χ0n) is 12.5. The van der Waals surface area contributed by atoms with Crippen LogP contribution in [0.15, 0.2) is 0 Å². The first-order valence-corrected chi connectivity index (χ1v) is 5.82. The van der Waals surface area contributed by atoms with Gasteiger partial charge in [-0.15, -0.1) is 0 Å². The fraction of sp³-hybridized carbons (Fsp3) is 0.714. The van der Waals surface area contributed by atoms with E-state index >= 15 is 0 Å². The van der Waals surface area contributed by atoms with Gasteiger partial charge in [0.15, 0.2) is 5.25 Å². The van der Waals surface area contributed by atoms with Gasteiger partial charge in [0, 0.05) is 0 Å². The maximum Gasteiger partial charge on any atom is 1.00 e. The third kappa shape index (κ3) is 11.1. The van der Waals surface area contributed by atoms with Crippen molar-refractivity contribution in [3.05, 3.63) is 0 Å². The van der Waals surface area contributed by atoms with Gasteiger partial charge < -0.3 is 22.9 Å². The molecule has 0 radical (unpaired) electrons. The summed E-state index contributed by atoms with van der Waals surface area (Å²) < 4.78 is 34.3. The second-order valence-corrected chi connectivity index (χ2v) is 4.67. The molecule has 0 saturated heterocycles. The molecule has 0 heterocycles.